The van der Waals surface area contributed by atoms with Crippen LogP contribution >= 0.6 is 0 Å². The highest BCUT2D eigenvalue weighted by atomic mass is 16.3. The molecule has 0 radical (unpaired) electrons. The second-order valence-corrected chi connectivity index (χ2v) is 12.7. The molecule has 0 amide bonds. The molecule has 1 N–H and O–H groups in total. The van der Waals surface area contributed by atoms with Crippen LogP contribution in [-0.2, 0) is 0 Å². The van der Waals surface area contributed by atoms with E-state index < -0.39 is 0 Å². The lowest BCUT2D eigenvalue weighted by atomic mass is 9.98. The highest BCUT2D eigenvalue weighted by molar-refractivity contribution is 6.23. The molecule has 9 aromatic rings. The summed E-state index contributed by atoms with van der Waals surface area (Å²) in [6.07, 6.45) is -0.354. The molecule has 10 rings (SSSR count). The van der Waals surface area contributed by atoms with E-state index in [1.54, 1.807) is 0 Å². The molecule has 0 spiro atoms. The summed E-state index contributed by atoms with van der Waals surface area (Å²) in [5, 5.41) is 12.9. The van der Waals surface area contributed by atoms with Crippen LogP contribution in [0.1, 0.15) is 22.9 Å². The molecular weight excluding hydrogens is 599 g/mol. The minimum atomic E-state index is -0.354. The molecule has 1 aliphatic heterocycles. The van der Waals surface area contributed by atoms with Crippen molar-refractivity contribution in [3.8, 4) is 11.1 Å². The zero-order chi connectivity index (χ0) is 32.3. The van der Waals surface area contributed by atoms with Crippen LogP contribution in [0.3, 0.4) is 0 Å². The highest BCUT2D eigenvalue weighted by Gasteiger charge is 2.24. The third-order valence-electron chi connectivity index (χ3n) is 9.66. The molecule has 0 bridgehead atoms. The van der Waals surface area contributed by atoms with E-state index in [4.69, 9.17) is 14.4 Å². The topological polar surface area (TPSA) is 49.9 Å². The van der Waals surface area contributed by atoms with Gasteiger partial charge in [-0.15, -0.1) is 0 Å². The van der Waals surface area contributed by atoms with Crippen LogP contribution in [0, 0.1) is 0 Å². The predicted molar refractivity (Wildman–Crippen MR) is 204 cm³/mol. The third-order valence-corrected chi connectivity index (χ3v) is 9.66. The smallest absolute Gasteiger partial charge is 0.159 e. The van der Waals surface area contributed by atoms with E-state index in [1.807, 2.05) is 12.1 Å². The number of hydrogen-bond donors (Lipinski definition) is 1. The largest absolute Gasteiger partial charge is 0.456 e. The molecule has 4 nitrogen and oxygen atoms in total. The van der Waals surface area contributed by atoms with Gasteiger partial charge < -0.3 is 9.73 Å². The molecule has 1 aliphatic rings. The number of rotatable bonds is 4. The second kappa shape index (κ2) is 11.0. The molecule has 0 saturated heterocycles. The van der Waals surface area contributed by atoms with Crippen molar-refractivity contribution in [1.82, 2.24) is 5.32 Å². The van der Waals surface area contributed by atoms with Crippen molar-refractivity contribution in [3.05, 3.63) is 180 Å². The van der Waals surface area contributed by atoms with Gasteiger partial charge in [-0.25, -0.2) is 9.98 Å². The third kappa shape index (κ3) is 4.77. The molecule has 1 unspecified atom stereocenters. The fourth-order valence-corrected chi connectivity index (χ4v) is 7.17. The monoisotopic (exact) mass is 627 g/mol. The summed E-state index contributed by atoms with van der Waals surface area (Å²) in [7, 11) is 0. The van der Waals surface area contributed by atoms with Gasteiger partial charge in [-0.05, 0) is 85.4 Å². The fraction of sp³-hybridized carbons (Fsp3) is 0.0222. The molecule has 0 aliphatic carbocycles. The van der Waals surface area contributed by atoms with Crippen molar-refractivity contribution in [1.29, 1.82) is 0 Å². The van der Waals surface area contributed by atoms with Crippen LogP contribution in [0.4, 0.5) is 0 Å². The summed E-state index contributed by atoms with van der Waals surface area (Å²) in [5.74, 6) is 1.46. The number of amidine groups is 2. The number of furan rings is 1. The molecule has 2 heterocycles. The average Bonchev–Trinajstić information content (AvgIpc) is 3.54. The zero-order valence-corrected chi connectivity index (χ0v) is 26.5. The van der Waals surface area contributed by atoms with Gasteiger partial charge in [0.15, 0.2) is 5.84 Å². The molecule has 8 aromatic carbocycles. The molecule has 4 heteroatoms. The summed E-state index contributed by atoms with van der Waals surface area (Å²) in [6.45, 7) is 0. The Bertz CT molecular complexity index is 2810. The van der Waals surface area contributed by atoms with Crippen molar-refractivity contribution in [2.24, 2.45) is 9.98 Å². The van der Waals surface area contributed by atoms with Gasteiger partial charge in [0.05, 0.1) is 0 Å². The Morgan fingerprint density at radius 2 is 1.14 bits per heavy atom. The van der Waals surface area contributed by atoms with E-state index in [2.05, 4.69) is 157 Å². The summed E-state index contributed by atoms with van der Waals surface area (Å²) >= 11 is 0. The number of nitrogens with one attached hydrogen (secondary N) is 1. The normalized spacial score (nSPS) is 14.7. The Labute approximate surface area is 282 Å². The Hall–Kier alpha value is -6.52. The molecule has 0 saturated carbocycles. The van der Waals surface area contributed by atoms with Crippen molar-refractivity contribution in [3.63, 3.8) is 0 Å². The van der Waals surface area contributed by atoms with Crippen LogP contribution in [-0.4, -0.2) is 11.7 Å². The van der Waals surface area contributed by atoms with Gasteiger partial charge in [0.2, 0.25) is 0 Å². The number of hydrogen-bond acceptors (Lipinski definition) is 4. The maximum absolute atomic E-state index is 6.45. The van der Waals surface area contributed by atoms with Gasteiger partial charge in [-0.2, -0.15) is 0 Å². The van der Waals surface area contributed by atoms with Crippen molar-refractivity contribution in [2.75, 3.05) is 0 Å². The van der Waals surface area contributed by atoms with Crippen LogP contribution in [0.5, 0.6) is 0 Å². The zero-order valence-electron chi connectivity index (χ0n) is 26.5. The molecule has 1 atom stereocenters. The predicted octanol–water partition coefficient (Wildman–Crippen LogP) is 11.2. The lowest BCUT2D eigenvalue weighted by molar-refractivity contribution is 0.668. The highest BCUT2D eigenvalue weighted by Crippen LogP contribution is 2.36. The molecule has 0 fully saturated rings. The minimum Gasteiger partial charge on any atom is -0.456 e. The molecule has 49 heavy (non-hydrogen) atoms. The van der Waals surface area contributed by atoms with Crippen molar-refractivity contribution in [2.45, 2.75) is 6.17 Å². The summed E-state index contributed by atoms with van der Waals surface area (Å²) in [6, 6.07) is 57.6. The quantitative estimate of drug-likeness (QED) is 0.211. The fourth-order valence-electron chi connectivity index (χ4n) is 7.17. The van der Waals surface area contributed by atoms with E-state index in [0.717, 1.165) is 55.2 Å². The van der Waals surface area contributed by atoms with Crippen LogP contribution in [0.15, 0.2) is 178 Å². The van der Waals surface area contributed by atoms with Gasteiger partial charge in [0.1, 0.15) is 23.2 Å². The average molecular weight is 628 g/mol. The molecule has 230 valence electrons. The molecule has 1 aromatic heterocycles. The van der Waals surface area contributed by atoms with Gasteiger partial charge in [0, 0.05) is 21.9 Å². The second-order valence-electron chi connectivity index (χ2n) is 12.7. The Kier molecular flexibility index (Phi) is 6.21. The van der Waals surface area contributed by atoms with E-state index in [9.17, 15) is 0 Å². The Morgan fingerprint density at radius 3 is 1.98 bits per heavy atom. The Balaban J connectivity index is 1.15. The van der Waals surface area contributed by atoms with Gasteiger partial charge in [-0.1, -0.05) is 127 Å². The van der Waals surface area contributed by atoms with Gasteiger partial charge >= 0.3 is 0 Å². The van der Waals surface area contributed by atoms with Crippen molar-refractivity contribution >= 4 is 65.9 Å². The lowest BCUT2D eigenvalue weighted by Gasteiger charge is -2.24. The molecular formula is C45H29N3O. The van der Waals surface area contributed by atoms with E-state index in [1.165, 1.54) is 32.7 Å². The van der Waals surface area contributed by atoms with Crippen molar-refractivity contribution < 1.29 is 4.42 Å². The van der Waals surface area contributed by atoms with E-state index in [-0.39, 0.29) is 6.17 Å². The lowest BCUT2D eigenvalue weighted by Crippen LogP contribution is -2.33. The summed E-state index contributed by atoms with van der Waals surface area (Å²) < 4.78 is 6.45. The first kappa shape index (κ1) is 27.6. The number of nitrogens with zero attached hydrogens (tertiary/aromatic N) is 2. The Morgan fingerprint density at radius 1 is 0.469 bits per heavy atom. The van der Waals surface area contributed by atoms with Gasteiger partial charge in [-0.3, -0.25) is 0 Å². The van der Waals surface area contributed by atoms with Gasteiger partial charge in [0.25, 0.3) is 0 Å². The number of benzene rings is 8. The maximum Gasteiger partial charge on any atom is 0.159 e. The first-order valence-corrected chi connectivity index (χ1v) is 16.6. The SMILES string of the molecule is c1ccc(-c2ccc3ccc(C4N=C(c5ccc6ccccc6c5)N=C(c5cccc6oc7cc8ccccc8cc7c56)N4)cc3c2)cc1. The van der Waals surface area contributed by atoms with Crippen LogP contribution in [0.25, 0.3) is 65.4 Å². The first-order chi connectivity index (χ1) is 24.2. The number of fused-ring (bicyclic) bond motifs is 6. The maximum atomic E-state index is 6.45. The van der Waals surface area contributed by atoms with Crippen LogP contribution < -0.4 is 5.32 Å². The minimum absolute atomic E-state index is 0.354. The standard InChI is InChI=1S/C45H29N3O/c1-2-9-28(10-3-1)34-20-17-30-19-22-36(25-37(30)24-34)44-46-43(35-21-18-29-11-4-5-12-31(29)23-35)47-45(48-44)38-15-8-16-40-42(38)39-26-32-13-6-7-14-33(32)27-41(39)49-40/h1-27,44H,(H,46,47,48). The summed E-state index contributed by atoms with van der Waals surface area (Å²) in [4.78, 5) is 10.5. The number of aliphatic imine (C=N–C) groups is 2. The van der Waals surface area contributed by atoms with E-state index >= 15 is 0 Å². The first-order valence-electron chi connectivity index (χ1n) is 16.6. The van der Waals surface area contributed by atoms with E-state index in [0.29, 0.717) is 5.84 Å². The van der Waals surface area contributed by atoms with Crippen LogP contribution in [0.2, 0.25) is 0 Å². The summed E-state index contributed by atoms with van der Waals surface area (Å²) in [5.41, 5.74) is 7.11.